The Kier molecular flexibility index (Phi) is 6.36. The first-order valence-corrected chi connectivity index (χ1v) is 8.29. The van der Waals surface area contributed by atoms with Crippen LogP contribution in [-0.2, 0) is 4.79 Å². The number of ether oxygens (including phenoxy) is 1. The van der Waals surface area contributed by atoms with Gasteiger partial charge in [0.15, 0.2) is 5.13 Å². The van der Waals surface area contributed by atoms with Gasteiger partial charge in [0, 0.05) is 23.9 Å². The predicted octanol–water partition coefficient (Wildman–Crippen LogP) is 3.28. The molecule has 0 aliphatic carbocycles. The third-order valence-corrected chi connectivity index (χ3v) is 3.80. The van der Waals surface area contributed by atoms with Gasteiger partial charge >= 0.3 is 0 Å². The van der Waals surface area contributed by atoms with E-state index in [-0.39, 0.29) is 5.91 Å². The summed E-state index contributed by atoms with van der Waals surface area (Å²) in [6.07, 6.45) is 2.48. The zero-order valence-electron chi connectivity index (χ0n) is 12.7. The monoisotopic (exact) mass is 319 g/mol. The molecule has 0 bridgehead atoms. The third kappa shape index (κ3) is 4.82. The number of hydrogen-bond acceptors (Lipinski definition) is 5. The SMILES string of the molecule is CCCCOc1ccc(-c2csc(NC(=O)CCN)n2)cc1. The van der Waals surface area contributed by atoms with Gasteiger partial charge in [-0.15, -0.1) is 11.3 Å². The van der Waals surface area contributed by atoms with Crippen LogP contribution in [0.25, 0.3) is 11.3 Å². The Morgan fingerprint density at radius 2 is 2.14 bits per heavy atom. The van der Waals surface area contributed by atoms with Gasteiger partial charge in [-0.1, -0.05) is 13.3 Å². The minimum Gasteiger partial charge on any atom is -0.494 e. The first-order chi connectivity index (χ1) is 10.7. The first kappa shape index (κ1) is 16.5. The fourth-order valence-electron chi connectivity index (χ4n) is 1.83. The average molecular weight is 319 g/mol. The predicted molar refractivity (Wildman–Crippen MR) is 90.3 cm³/mol. The molecule has 0 spiro atoms. The molecule has 0 saturated heterocycles. The van der Waals surface area contributed by atoms with Crippen LogP contribution in [0, 0.1) is 0 Å². The molecule has 1 aromatic carbocycles. The molecule has 0 fully saturated rings. The second-order valence-electron chi connectivity index (χ2n) is 4.85. The Morgan fingerprint density at radius 3 is 2.82 bits per heavy atom. The number of aromatic nitrogens is 1. The highest BCUT2D eigenvalue weighted by molar-refractivity contribution is 7.14. The van der Waals surface area contributed by atoms with Crippen molar-refractivity contribution in [2.45, 2.75) is 26.2 Å². The summed E-state index contributed by atoms with van der Waals surface area (Å²) in [6, 6.07) is 7.83. The van der Waals surface area contributed by atoms with E-state index in [9.17, 15) is 4.79 Å². The molecule has 0 aliphatic rings. The highest BCUT2D eigenvalue weighted by Crippen LogP contribution is 2.26. The lowest BCUT2D eigenvalue weighted by molar-refractivity contribution is -0.116. The number of benzene rings is 1. The summed E-state index contributed by atoms with van der Waals surface area (Å²) in [4.78, 5) is 15.9. The van der Waals surface area contributed by atoms with Gasteiger partial charge < -0.3 is 15.8 Å². The Bertz CT molecular complexity index is 596. The van der Waals surface area contributed by atoms with Gasteiger partial charge in [0.2, 0.25) is 5.91 Å². The molecule has 0 unspecified atom stereocenters. The number of rotatable bonds is 8. The molecular weight excluding hydrogens is 298 g/mol. The van der Waals surface area contributed by atoms with Crippen LogP contribution >= 0.6 is 11.3 Å². The maximum absolute atomic E-state index is 11.5. The van der Waals surface area contributed by atoms with E-state index >= 15 is 0 Å². The van der Waals surface area contributed by atoms with Gasteiger partial charge in [0.1, 0.15) is 5.75 Å². The van der Waals surface area contributed by atoms with Gasteiger partial charge in [-0.2, -0.15) is 0 Å². The number of thiazole rings is 1. The van der Waals surface area contributed by atoms with Gasteiger partial charge in [-0.25, -0.2) is 4.98 Å². The molecule has 0 radical (unpaired) electrons. The Hall–Kier alpha value is -1.92. The smallest absolute Gasteiger partial charge is 0.227 e. The van der Waals surface area contributed by atoms with Crippen molar-refractivity contribution in [2.24, 2.45) is 5.73 Å². The van der Waals surface area contributed by atoms with E-state index in [0.29, 0.717) is 18.1 Å². The highest BCUT2D eigenvalue weighted by Gasteiger charge is 2.07. The fraction of sp³-hybridized carbons (Fsp3) is 0.375. The number of unbranched alkanes of at least 4 members (excludes halogenated alkanes) is 1. The highest BCUT2D eigenvalue weighted by atomic mass is 32.1. The van der Waals surface area contributed by atoms with Gasteiger partial charge in [0.05, 0.1) is 12.3 Å². The lowest BCUT2D eigenvalue weighted by Gasteiger charge is -2.05. The Labute approximate surface area is 134 Å². The molecule has 2 rings (SSSR count). The van der Waals surface area contributed by atoms with Crippen molar-refractivity contribution in [3.8, 4) is 17.0 Å². The van der Waals surface area contributed by atoms with Crippen LogP contribution in [0.15, 0.2) is 29.6 Å². The number of carbonyl (C=O) groups excluding carboxylic acids is 1. The summed E-state index contributed by atoms with van der Waals surface area (Å²) < 4.78 is 5.64. The molecule has 5 nitrogen and oxygen atoms in total. The van der Waals surface area contributed by atoms with Crippen LogP contribution in [0.3, 0.4) is 0 Å². The zero-order valence-corrected chi connectivity index (χ0v) is 13.5. The van der Waals surface area contributed by atoms with Crippen LogP contribution in [0.2, 0.25) is 0 Å². The average Bonchev–Trinajstić information content (AvgIpc) is 2.97. The number of nitrogens with one attached hydrogen (secondary N) is 1. The summed E-state index contributed by atoms with van der Waals surface area (Å²) in [5, 5.41) is 5.26. The van der Waals surface area contributed by atoms with Gasteiger partial charge in [-0.3, -0.25) is 4.79 Å². The van der Waals surface area contributed by atoms with Crippen molar-refractivity contribution < 1.29 is 9.53 Å². The van der Waals surface area contributed by atoms with Crippen LogP contribution in [0.5, 0.6) is 5.75 Å². The van der Waals surface area contributed by atoms with E-state index in [1.807, 2.05) is 29.6 Å². The number of carbonyl (C=O) groups is 1. The quantitative estimate of drug-likeness (QED) is 0.732. The summed E-state index contributed by atoms with van der Waals surface area (Å²) in [6.45, 7) is 3.21. The maximum atomic E-state index is 11.5. The van der Waals surface area contributed by atoms with E-state index < -0.39 is 0 Å². The second kappa shape index (κ2) is 8.51. The lowest BCUT2D eigenvalue weighted by atomic mass is 10.2. The molecular formula is C16H21N3O2S. The van der Waals surface area contributed by atoms with Crippen LogP contribution < -0.4 is 15.8 Å². The van der Waals surface area contributed by atoms with Crippen molar-refractivity contribution >= 4 is 22.4 Å². The van der Waals surface area contributed by atoms with Crippen molar-refractivity contribution in [2.75, 3.05) is 18.5 Å². The molecule has 118 valence electrons. The van der Waals surface area contributed by atoms with Crippen LogP contribution in [0.4, 0.5) is 5.13 Å². The van der Waals surface area contributed by atoms with E-state index in [2.05, 4.69) is 17.2 Å². The number of amides is 1. The molecule has 1 aromatic heterocycles. The summed E-state index contributed by atoms with van der Waals surface area (Å²) in [7, 11) is 0. The van der Waals surface area contributed by atoms with E-state index in [0.717, 1.165) is 36.5 Å². The summed E-state index contributed by atoms with van der Waals surface area (Å²) in [5.41, 5.74) is 7.19. The lowest BCUT2D eigenvalue weighted by Crippen LogP contribution is -2.15. The van der Waals surface area contributed by atoms with Crippen molar-refractivity contribution in [1.29, 1.82) is 0 Å². The van der Waals surface area contributed by atoms with E-state index in [1.165, 1.54) is 11.3 Å². The topological polar surface area (TPSA) is 77.2 Å². The number of hydrogen-bond donors (Lipinski definition) is 2. The fourth-order valence-corrected chi connectivity index (χ4v) is 2.57. The third-order valence-electron chi connectivity index (χ3n) is 3.04. The molecule has 6 heteroatoms. The van der Waals surface area contributed by atoms with Crippen LogP contribution in [-0.4, -0.2) is 24.0 Å². The summed E-state index contributed by atoms with van der Waals surface area (Å²) >= 11 is 1.40. The number of nitrogens with zero attached hydrogens (tertiary/aromatic N) is 1. The van der Waals surface area contributed by atoms with Crippen molar-refractivity contribution in [3.05, 3.63) is 29.6 Å². The molecule has 0 saturated carbocycles. The largest absolute Gasteiger partial charge is 0.494 e. The molecule has 1 heterocycles. The van der Waals surface area contributed by atoms with Gasteiger partial charge in [-0.05, 0) is 30.7 Å². The Balaban J connectivity index is 1.97. The first-order valence-electron chi connectivity index (χ1n) is 7.41. The molecule has 22 heavy (non-hydrogen) atoms. The van der Waals surface area contributed by atoms with Crippen molar-refractivity contribution in [1.82, 2.24) is 4.98 Å². The number of nitrogens with two attached hydrogens (primary N) is 1. The molecule has 0 atom stereocenters. The number of anilines is 1. The minimum atomic E-state index is -0.108. The van der Waals surface area contributed by atoms with Crippen LogP contribution in [0.1, 0.15) is 26.2 Å². The zero-order chi connectivity index (χ0) is 15.8. The molecule has 2 aromatic rings. The summed E-state index contributed by atoms with van der Waals surface area (Å²) in [5.74, 6) is 0.756. The Morgan fingerprint density at radius 1 is 1.36 bits per heavy atom. The van der Waals surface area contributed by atoms with E-state index in [1.54, 1.807) is 0 Å². The standard InChI is InChI=1S/C16H21N3O2S/c1-2-3-10-21-13-6-4-12(5-7-13)14-11-22-16(18-14)19-15(20)8-9-17/h4-7,11H,2-3,8-10,17H2,1H3,(H,18,19,20). The van der Waals surface area contributed by atoms with E-state index in [4.69, 9.17) is 10.5 Å². The normalized spacial score (nSPS) is 10.5. The molecule has 0 aliphatic heterocycles. The second-order valence-corrected chi connectivity index (χ2v) is 5.71. The molecule has 3 N–H and O–H groups in total. The molecule has 1 amide bonds. The maximum Gasteiger partial charge on any atom is 0.227 e. The van der Waals surface area contributed by atoms with Gasteiger partial charge in [0.25, 0.3) is 0 Å². The minimum absolute atomic E-state index is 0.108. The van der Waals surface area contributed by atoms with Crippen molar-refractivity contribution in [3.63, 3.8) is 0 Å².